The van der Waals surface area contributed by atoms with Gasteiger partial charge in [-0.2, -0.15) is 0 Å². The van der Waals surface area contributed by atoms with Gasteiger partial charge in [-0.05, 0) is 6.92 Å². The molecule has 1 heterocycles. The number of nitrogens with zero attached hydrogens (tertiary/aromatic N) is 2. The largest absolute Gasteiger partial charge is 0.375 e. The standard InChI is InChI=1S/C11H16N4O4/c1-7-12-8(14-10(16)5-18-2)4-9(13-7)15-11(17)6-19-3/h4H,5-6H2,1-3H3,(H2,12,13,14,15,16,17). The quantitative estimate of drug-likeness (QED) is 0.750. The monoisotopic (exact) mass is 268 g/mol. The number of nitrogens with one attached hydrogen (secondary N) is 2. The molecule has 1 aromatic rings. The van der Waals surface area contributed by atoms with Gasteiger partial charge in [-0.25, -0.2) is 9.97 Å². The van der Waals surface area contributed by atoms with Gasteiger partial charge in [0.05, 0.1) is 0 Å². The second-order valence-corrected chi connectivity index (χ2v) is 3.65. The van der Waals surface area contributed by atoms with Gasteiger partial charge in [-0.15, -0.1) is 0 Å². The molecule has 19 heavy (non-hydrogen) atoms. The van der Waals surface area contributed by atoms with Crippen molar-refractivity contribution in [1.29, 1.82) is 0 Å². The first-order valence-electron chi connectivity index (χ1n) is 5.48. The molecular formula is C11H16N4O4. The third-order valence-corrected chi connectivity index (χ3v) is 1.92. The number of ether oxygens (including phenoxy) is 2. The molecule has 8 heteroatoms. The molecule has 0 saturated heterocycles. The molecule has 8 nitrogen and oxygen atoms in total. The highest BCUT2D eigenvalue weighted by Crippen LogP contribution is 2.11. The number of amides is 2. The fraction of sp³-hybridized carbons (Fsp3) is 0.455. The molecule has 1 rings (SSSR count). The topological polar surface area (TPSA) is 102 Å². The Bertz CT molecular complexity index is 426. The Hall–Kier alpha value is -2.06. The lowest BCUT2D eigenvalue weighted by atomic mass is 10.4. The molecule has 0 aromatic carbocycles. The fourth-order valence-electron chi connectivity index (χ4n) is 1.32. The number of anilines is 2. The molecule has 0 aliphatic carbocycles. The van der Waals surface area contributed by atoms with Crippen LogP contribution in [0.3, 0.4) is 0 Å². The zero-order chi connectivity index (χ0) is 14.3. The molecule has 0 fully saturated rings. The highest BCUT2D eigenvalue weighted by molar-refractivity contribution is 5.93. The van der Waals surface area contributed by atoms with Crippen molar-refractivity contribution in [3.05, 3.63) is 11.9 Å². The highest BCUT2D eigenvalue weighted by atomic mass is 16.5. The molecule has 0 aliphatic rings. The second kappa shape index (κ2) is 7.39. The van der Waals surface area contributed by atoms with Gasteiger partial charge in [0.25, 0.3) is 11.8 Å². The van der Waals surface area contributed by atoms with Crippen molar-refractivity contribution in [2.45, 2.75) is 6.92 Å². The van der Waals surface area contributed by atoms with Gasteiger partial charge < -0.3 is 20.1 Å². The van der Waals surface area contributed by atoms with Crippen LogP contribution in [0.1, 0.15) is 5.82 Å². The molecule has 0 atom stereocenters. The van der Waals surface area contributed by atoms with Crippen LogP contribution in [-0.2, 0) is 19.1 Å². The Morgan fingerprint density at radius 2 is 1.47 bits per heavy atom. The SMILES string of the molecule is COCC(=O)Nc1cc(NC(=O)COC)nc(C)n1. The average Bonchev–Trinajstić information content (AvgIpc) is 2.28. The normalized spacial score (nSPS) is 10.1. The van der Waals surface area contributed by atoms with Crippen LogP contribution in [0.5, 0.6) is 0 Å². The second-order valence-electron chi connectivity index (χ2n) is 3.65. The van der Waals surface area contributed by atoms with E-state index in [4.69, 9.17) is 9.47 Å². The van der Waals surface area contributed by atoms with Gasteiger partial charge in [0.1, 0.15) is 30.7 Å². The van der Waals surface area contributed by atoms with Gasteiger partial charge in [-0.3, -0.25) is 9.59 Å². The van der Waals surface area contributed by atoms with Gasteiger partial charge >= 0.3 is 0 Å². The maximum Gasteiger partial charge on any atom is 0.251 e. The molecule has 0 bridgehead atoms. The molecule has 0 spiro atoms. The third-order valence-electron chi connectivity index (χ3n) is 1.92. The maximum atomic E-state index is 11.4. The van der Waals surface area contributed by atoms with E-state index in [2.05, 4.69) is 20.6 Å². The predicted molar refractivity (Wildman–Crippen MR) is 67.8 cm³/mol. The molecule has 104 valence electrons. The molecule has 0 radical (unpaired) electrons. The number of rotatable bonds is 6. The Morgan fingerprint density at radius 3 is 1.84 bits per heavy atom. The van der Waals surface area contributed by atoms with Crippen LogP contribution >= 0.6 is 0 Å². The number of hydrogen-bond acceptors (Lipinski definition) is 6. The number of aryl methyl sites for hydroxylation is 1. The minimum Gasteiger partial charge on any atom is -0.375 e. The molecule has 0 unspecified atom stereocenters. The summed E-state index contributed by atoms with van der Waals surface area (Å²) >= 11 is 0. The van der Waals surface area contributed by atoms with E-state index in [9.17, 15) is 9.59 Å². The van der Waals surface area contributed by atoms with E-state index in [1.54, 1.807) is 6.92 Å². The summed E-state index contributed by atoms with van der Waals surface area (Å²) in [4.78, 5) is 30.8. The number of carbonyl (C=O) groups is 2. The van der Waals surface area contributed by atoms with Crippen molar-refractivity contribution in [2.24, 2.45) is 0 Å². The Balaban J connectivity index is 2.76. The van der Waals surface area contributed by atoms with E-state index in [0.29, 0.717) is 17.5 Å². The van der Waals surface area contributed by atoms with E-state index in [-0.39, 0.29) is 25.0 Å². The van der Waals surface area contributed by atoms with Crippen molar-refractivity contribution < 1.29 is 19.1 Å². The van der Waals surface area contributed by atoms with E-state index in [1.807, 2.05) is 0 Å². The smallest absolute Gasteiger partial charge is 0.251 e. The van der Waals surface area contributed by atoms with Gasteiger partial charge in [0.2, 0.25) is 0 Å². The average molecular weight is 268 g/mol. The predicted octanol–water partition coefficient (Wildman–Crippen LogP) is -0.0452. The van der Waals surface area contributed by atoms with Crippen molar-refractivity contribution >= 4 is 23.5 Å². The van der Waals surface area contributed by atoms with Crippen molar-refractivity contribution in [3.63, 3.8) is 0 Å². The van der Waals surface area contributed by atoms with Crippen LogP contribution in [0, 0.1) is 6.92 Å². The van der Waals surface area contributed by atoms with Crippen LogP contribution < -0.4 is 10.6 Å². The van der Waals surface area contributed by atoms with E-state index < -0.39 is 0 Å². The first-order chi connectivity index (χ1) is 9.05. The van der Waals surface area contributed by atoms with Gasteiger partial charge in [-0.1, -0.05) is 0 Å². The molecule has 0 aliphatic heterocycles. The van der Waals surface area contributed by atoms with Crippen LogP contribution in [0.15, 0.2) is 6.07 Å². The van der Waals surface area contributed by atoms with Crippen molar-refractivity contribution in [3.8, 4) is 0 Å². The zero-order valence-corrected chi connectivity index (χ0v) is 11.0. The molecule has 1 aromatic heterocycles. The molecule has 0 saturated carbocycles. The van der Waals surface area contributed by atoms with Crippen LogP contribution in [-0.4, -0.2) is 49.2 Å². The molecular weight excluding hydrogens is 252 g/mol. The summed E-state index contributed by atoms with van der Waals surface area (Å²) in [5.74, 6) is 0.331. The number of methoxy groups -OCH3 is 2. The summed E-state index contributed by atoms with van der Waals surface area (Å²) in [6.45, 7) is 1.50. The Morgan fingerprint density at radius 1 is 1.05 bits per heavy atom. The van der Waals surface area contributed by atoms with Crippen molar-refractivity contribution in [1.82, 2.24) is 9.97 Å². The number of aromatic nitrogens is 2. The van der Waals surface area contributed by atoms with Crippen molar-refractivity contribution in [2.75, 3.05) is 38.1 Å². The van der Waals surface area contributed by atoms with E-state index in [0.717, 1.165) is 0 Å². The Kier molecular flexibility index (Phi) is 5.83. The first kappa shape index (κ1) is 15.0. The summed E-state index contributed by atoms with van der Waals surface area (Å²) in [6.07, 6.45) is 0. The highest BCUT2D eigenvalue weighted by Gasteiger charge is 2.08. The summed E-state index contributed by atoms with van der Waals surface area (Å²) in [7, 11) is 2.84. The Labute approximate surface area is 110 Å². The van der Waals surface area contributed by atoms with Gasteiger partial charge in [0.15, 0.2) is 0 Å². The van der Waals surface area contributed by atoms with Crippen LogP contribution in [0.25, 0.3) is 0 Å². The summed E-state index contributed by atoms with van der Waals surface area (Å²) in [6, 6.07) is 1.45. The minimum absolute atomic E-state index is 0.0750. The number of carbonyl (C=O) groups excluding carboxylic acids is 2. The summed E-state index contributed by atoms with van der Waals surface area (Å²) in [5, 5.41) is 5.06. The first-order valence-corrected chi connectivity index (χ1v) is 5.48. The molecule has 2 amide bonds. The lowest BCUT2D eigenvalue weighted by Crippen LogP contribution is -2.20. The third kappa shape index (κ3) is 5.40. The van der Waals surface area contributed by atoms with Gasteiger partial charge in [0, 0.05) is 20.3 Å². The fourth-order valence-corrected chi connectivity index (χ4v) is 1.32. The zero-order valence-electron chi connectivity index (χ0n) is 11.0. The van der Waals surface area contributed by atoms with E-state index >= 15 is 0 Å². The summed E-state index contributed by atoms with van der Waals surface area (Å²) in [5.41, 5.74) is 0. The molecule has 2 N–H and O–H groups in total. The summed E-state index contributed by atoms with van der Waals surface area (Å²) < 4.78 is 9.38. The minimum atomic E-state index is -0.338. The van der Waals surface area contributed by atoms with E-state index in [1.165, 1.54) is 20.3 Å². The maximum absolute atomic E-state index is 11.4. The lowest BCUT2D eigenvalue weighted by Gasteiger charge is -2.08. The van der Waals surface area contributed by atoms with Crippen LogP contribution in [0.4, 0.5) is 11.6 Å². The number of hydrogen-bond donors (Lipinski definition) is 2. The van der Waals surface area contributed by atoms with Crippen LogP contribution in [0.2, 0.25) is 0 Å². The lowest BCUT2D eigenvalue weighted by molar-refractivity contribution is -0.120.